The molecule has 1 heterocycles. The van der Waals surface area contributed by atoms with E-state index in [0.29, 0.717) is 10.0 Å². The van der Waals surface area contributed by atoms with Gasteiger partial charge in [0.15, 0.2) is 0 Å². The number of halogens is 1. The zero-order chi connectivity index (χ0) is 18.5. The maximum atomic E-state index is 12.5. The quantitative estimate of drug-likeness (QED) is 0.657. The average molecular weight is 387 g/mol. The van der Waals surface area contributed by atoms with Crippen LogP contribution in [-0.4, -0.2) is 22.0 Å². The molecule has 0 spiro atoms. The Labute approximate surface area is 159 Å². The van der Waals surface area contributed by atoms with Crippen LogP contribution in [0, 0.1) is 0 Å². The topological polar surface area (TPSA) is 79.3 Å². The van der Waals surface area contributed by atoms with Gasteiger partial charge in [-0.25, -0.2) is 4.98 Å². The number of aromatic nitrogens is 1. The Kier molecular flexibility index (Phi) is 5.65. The minimum absolute atomic E-state index is 0.211. The molecule has 3 rings (SSSR count). The Morgan fingerprint density at radius 2 is 1.81 bits per heavy atom. The fourth-order valence-corrected chi connectivity index (χ4v) is 3.60. The summed E-state index contributed by atoms with van der Waals surface area (Å²) in [6.07, 6.45) is -0.211. The zero-order valence-corrected chi connectivity index (χ0v) is 15.1. The number of carbonyl (C=O) groups is 2. The first-order valence-electron chi connectivity index (χ1n) is 7.82. The summed E-state index contributed by atoms with van der Waals surface area (Å²) in [5, 5.41) is 14.7. The Bertz CT molecular complexity index is 927. The lowest BCUT2D eigenvalue weighted by atomic mass is 10.0. The van der Waals surface area contributed by atoms with Crippen molar-refractivity contribution in [1.82, 2.24) is 10.3 Å². The van der Waals surface area contributed by atoms with Crippen LogP contribution in [0.1, 0.15) is 28.5 Å². The number of carboxylic acids is 1. The van der Waals surface area contributed by atoms with Gasteiger partial charge in [-0.1, -0.05) is 60.1 Å². The number of thiazole rings is 1. The number of amides is 1. The van der Waals surface area contributed by atoms with Crippen LogP contribution in [0.4, 0.5) is 0 Å². The third kappa shape index (κ3) is 4.28. The molecule has 1 unspecified atom stereocenters. The standard InChI is InChI=1S/C19H15ClN2O3S/c20-14-9-5-4-8-13(14)19-22-16(11-26-19)18(25)21-15(10-17(23)24)12-6-2-1-3-7-12/h1-9,11,15H,10H2,(H,21,25)(H,23,24). The smallest absolute Gasteiger partial charge is 0.305 e. The third-order valence-corrected chi connectivity index (χ3v) is 4.93. The zero-order valence-electron chi connectivity index (χ0n) is 13.6. The Hall–Kier alpha value is -2.70. The number of rotatable bonds is 6. The molecule has 5 nitrogen and oxygen atoms in total. The van der Waals surface area contributed by atoms with E-state index in [2.05, 4.69) is 10.3 Å². The van der Waals surface area contributed by atoms with Gasteiger partial charge in [0.25, 0.3) is 5.91 Å². The number of hydrogen-bond acceptors (Lipinski definition) is 4. The molecule has 0 saturated carbocycles. The molecule has 0 bridgehead atoms. The van der Waals surface area contributed by atoms with Gasteiger partial charge >= 0.3 is 5.97 Å². The largest absolute Gasteiger partial charge is 0.481 e. The summed E-state index contributed by atoms with van der Waals surface area (Å²) >= 11 is 7.48. The Morgan fingerprint density at radius 1 is 1.12 bits per heavy atom. The van der Waals surface area contributed by atoms with Crippen molar-refractivity contribution < 1.29 is 14.7 Å². The Balaban J connectivity index is 1.80. The second-order valence-electron chi connectivity index (χ2n) is 5.55. The lowest BCUT2D eigenvalue weighted by Gasteiger charge is -2.16. The molecule has 0 saturated heterocycles. The number of carbonyl (C=O) groups excluding carboxylic acids is 1. The summed E-state index contributed by atoms with van der Waals surface area (Å²) < 4.78 is 0. The first-order valence-corrected chi connectivity index (χ1v) is 9.08. The van der Waals surface area contributed by atoms with Gasteiger partial charge < -0.3 is 10.4 Å². The van der Waals surface area contributed by atoms with Crippen LogP contribution < -0.4 is 5.32 Å². The van der Waals surface area contributed by atoms with Crippen molar-refractivity contribution in [3.63, 3.8) is 0 Å². The number of benzene rings is 2. The van der Waals surface area contributed by atoms with Crippen molar-refractivity contribution in [2.45, 2.75) is 12.5 Å². The third-order valence-electron chi connectivity index (χ3n) is 3.73. The van der Waals surface area contributed by atoms with Crippen molar-refractivity contribution in [2.75, 3.05) is 0 Å². The minimum Gasteiger partial charge on any atom is -0.481 e. The SMILES string of the molecule is O=C(O)CC(NC(=O)c1csc(-c2ccccc2Cl)n1)c1ccccc1. The van der Waals surface area contributed by atoms with Crippen LogP contribution in [0.25, 0.3) is 10.6 Å². The molecule has 132 valence electrons. The highest BCUT2D eigenvalue weighted by molar-refractivity contribution is 7.13. The van der Waals surface area contributed by atoms with E-state index < -0.39 is 17.9 Å². The van der Waals surface area contributed by atoms with Crippen LogP contribution in [0.3, 0.4) is 0 Å². The normalized spacial score (nSPS) is 11.7. The fraction of sp³-hybridized carbons (Fsp3) is 0.105. The van der Waals surface area contributed by atoms with Crippen molar-refractivity contribution in [3.05, 3.63) is 76.3 Å². The predicted molar refractivity (Wildman–Crippen MR) is 101 cm³/mol. The molecule has 7 heteroatoms. The summed E-state index contributed by atoms with van der Waals surface area (Å²) in [6.45, 7) is 0. The molecule has 0 radical (unpaired) electrons. The van der Waals surface area contributed by atoms with Gasteiger partial charge in [-0.05, 0) is 11.6 Å². The lowest BCUT2D eigenvalue weighted by Crippen LogP contribution is -2.30. The van der Waals surface area contributed by atoms with Crippen LogP contribution in [0.2, 0.25) is 5.02 Å². The molecular formula is C19H15ClN2O3S. The van der Waals surface area contributed by atoms with Crippen LogP contribution in [0.5, 0.6) is 0 Å². The van der Waals surface area contributed by atoms with Gasteiger partial charge in [-0.15, -0.1) is 11.3 Å². The predicted octanol–water partition coefficient (Wildman–Crippen LogP) is 4.41. The number of hydrogen-bond donors (Lipinski definition) is 2. The van der Waals surface area contributed by atoms with E-state index in [1.807, 2.05) is 24.3 Å². The molecule has 3 aromatic rings. The van der Waals surface area contributed by atoms with Gasteiger partial charge in [0, 0.05) is 10.9 Å². The fourth-order valence-electron chi connectivity index (χ4n) is 2.48. The first-order chi connectivity index (χ1) is 12.5. The molecule has 1 amide bonds. The number of nitrogens with one attached hydrogen (secondary N) is 1. The summed E-state index contributed by atoms with van der Waals surface area (Å²) in [6, 6.07) is 15.6. The first kappa shape index (κ1) is 18.1. The van der Waals surface area contributed by atoms with E-state index >= 15 is 0 Å². The average Bonchev–Trinajstić information content (AvgIpc) is 3.12. The highest BCUT2D eigenvalue weighted by atomic mass is 35.5. The molecule has 2 N–H and O–H groups in total. The maximum absolute atomic E-state index is 12.5. The lowest BCUT2D eigenvalue weighted by molar-refractivity contribution is -0.137. The van der Waals surface area contributed by atoms with E-state index in [4.69, 9.17) is 16.7 Å². The molecule has 0 aliphatic heterocycles. The van der Waals surface area contributed by atoms with Crippen LogP contribution in [0.15, 0.2) is 60.0 Å². The van der Waals surface area contributed by atoms with Gasteiger partial charge in [-0.3, -0.25) is 9.59 Å². The van der Waals surface area contributed by atoms with Crippen LogP contribution in [-0.2, 0) is 4.79 Å². The summed E-state index contributed by atoms with van der Waals surface area (Å²) in [4.78, 5) is 28.0. The summed E-state index contributed by atoms with van der Waals surface area (Å²) in [5.74, 6) is -1.41. The number of carboxylic acid groups (broad SMARTS) is 1. The van der Waals surface area contributed by atoms with Crippen molar-refractivity contribution in [2.24, 2.45) is 0 Å². The van der Waals surface area contributed by atoms with Crippen molar-refractivity contribution >= 4 is 34.8 Å². The van der Waals surface area contributed by atoms with E-state index in [0.717, 1.165) is 11.1 Å². The van der Waals surface area contributed by atoms with Gasteiger partial charge in [0.1, 0.15) is 10.7 Å². The Morgan fingerprint density at radius 3 is 2.50 bits per heavy atom. The second kappa shape index (κ2) is 8.12. The number of nitrogens with zero attached hydrogens (tertiary/aromatic N) is 1. The van der Waals surface area contributed by atoms with Gasteiger partial charge in [0.2, 0.25) is 0 Å². The highest BCUT2D eigenvalue weighted by Gasteiger charge is 2.20. The monoisotopic (exact) mass is 386 g/mol. The van der Waals surface area contributed by atoms with E-state index in [9.17, 15) is 9.59 Å². The van der Waals surface area contributed by atoms with Crippen LogP contribution >= 0.6 is 22.9 Å². The molecule has 0 fully saturated rings. The highest BCUT2D eigenvalue weighted by Crippen LogP contribution is 2.30. The van der Waals surface area contributed by atoms with E-state index in [1.54, 1.807) is 35.7 Å². The molecule has 1 aromatic heterocycles. The second-order valence-corrected chi connectivity index (χ2v) is 6.82. The molecule has 0 aliphatic carbocycles. The molecule has 26 heavy (non-hydrogen) atoms. The van der Waals surface area contributed by atoms with Gasteiger partial charge in [0.05, 0.1) is 17.5 Å². The molecular weight excluding hydrogens is 372 g/mol. The summed E-state index contributed by atoms with van der Waals surface area (Å²) in [5.41, 5.74) is 1.71. The molecule has 0 aliphatic rings. The van der Waals surface area contributed by atoms with Crippen molar-refractivity contribution in [1.29, 1.82) is 0 Å². The summed E-state index contributed by atoms with van der Waals surface area (Å²) in [7, 11) is 0. The van der Waals surface area contributed by atoms with Gasteiger partial charge in [-0.2, -0.15) is 0 Å². The maximum Gasteiger partial charge on any atom is 0.305 e. The van der Waals surface area contributed by atoms with E-state index in [1.165, 1.54) is 11.3 Å². The van der Waals surface area contributed by atoms with E-state index in [-0.39, 0.29) is 12.1 Å². The van der Waals surface area contributed by atoms with Crippen molar-refractivity contribution in [3.8, 4) is 10.6 Å². The molecule has 2 aromatic carbocycles. The molecule has 1 atom stereocenters. The number of aliphatic carboxylic acids is 1. The minimum atomic E-state index is -0.991.